The molecule has 3 rings (SSSR count). The van der Waals surface area contributed by atoms with Gasteiger partial charge >= 0.3 is 5.97 Å². The lowest BCUT2D eigenvalue weighted by Crippen LogP contribution is -2.41. The predicted molar refractivity (Wildman–Crippen MR) is 98.4 cm³/mol. The third kappa shape index (κ3) is 4.37. The van der Waals surface area contributed by atoms with E-state index in [2.05, 4.69) is 10.2 Å². The fraction of sp³-hybridized carbons (Fsp3) is 0.400. The van der Waals surface area contributed by atoms with Crippen LogP contribution in [0.15, 0.2) is 42.5 Å². The maximum absolute atomic E-state index is 12.4. The molecule has 5 heteroatoms. The number of anilines is 1. The third-order valence-electron chi connectivity index (χ3n) is 4.64. The number of likely N-dealkylation sites (tertiary alicyclic amines) is 1. The Morgan fingerprint density at radius 3 is 2.60 bits per heavy atom. The summed E-state index contributed by atoms with van der Waals surface area (Å²) in [6, 6.07) is 13.9. The second-order valence-electron chi connectivity index (χ2n) is 6.38. The fourth-order valence-corrected chi connectivity index (χ4v) is 3.31. The second kappa shape index (κ2) is 8.12. The number of carbonyl (C=O) groups is 2. The van der Waals surface area contributed by atoms with Gasteiger partial charge < -0.3 is 10.1 Å². The summed E-state index contributed by atoms with van der Waals surface area (Å²) >= 11 is 0. The Bertz CT molecular complexity index is 746. The number of hydrogen-bond donors (Lipinski definition) is 1. The number of amides is 1. The van der Waals surface area contributed by atoms with Gasteiger partial charge in [0.2, 0.25) is 5.91 Å². The van der Waals surface area contributed by atoms with Crippen molar-refractivity contribution in [1.29, 1.82) is 0 Å². The van der Waals surface area contributed by atoms with E-state index in [-0.39, 0.29) is 17.8 Å². The van der Waals surface area contributed by atoms with Crippen molar-refractivity contribution in [3.8, 4) is 0 Å². The minimum atomic E-state index is -0.109. The Morgan fingerprint density at radius 2 is 1.84 bits per heavy atom. The average Bonchev–Trinajstić information content (AvgIpc) is 2.63. The molecular weight excluding hydrogens is 316 g/mol. The molecule has 1 fully saturated rings. The van der Waals surface area contributed by atoms with Crippen molar-refractivity contribution in [2.45, 2.75) is 19.8 Å². The molecular formula is C20H24N2O3. The average molecular weight is 340 g/mol. The molecule has 1 saturated heterocycles. The number of carbonyl (C=O) groups excluding carboxylic acids is 2. The first-order chi connectivity index (χ1) is 12.2. The molecule has 0 radical (unpaired) electrons. The van der Waals surface area contributed by atoms with Crippen molar-refractivity contribution >= 4 is 28.3 Å². The van der Waals surface area contributed by atoms with Crippen LogP contribution in [0.4, 0.5) is 5.69 Å². The van der Waals surface area contributed by atoms with Crippen molar-refractivity contribution < 1.29 is 14.3 Å². The van der Waals surface area contributed by atoms with E-state index in [0.29, 0.717) is 13.2 Å². The standard InChI is InChI=1S/C20H24N2O3/c1-2-25-20(24)16-10-12-22(13-11-16)14-19(23)21-18-9-5-7-15-6-3-4-8-17(15)18/h3-9,16H,2,10-14H2,1H3,(H,21,23). The lowest BCUT2D eigenvalue weighted by molar-refractivity contribution is -0.149. The molecule has 2 aromatic rings. The van der Waals surface area contributed by atoms with Crippen molar-refractivity contribution in [2.75, 3.05) is 31.6 Å². The van der Waals surface area contributed by atoms with Gasteiger partial charge in [-0.15, -0.1) is 0 Å². The molecule has 25 heavy (non-hydrogen) atoms. The molecule has 2 aromatic carbocycles. The minimum Gasteiger partial charge on any atom is -0.466 e. The van der Waals surface area contributed by atoms with Gasteiger partial charge in [0.15, 0.2) is 0 Å². The SMILES string of the molecule is CCOC(=O)C1CCN(CC(=O)Nc2cccc3ccccc23)CC1. The smallest absolute Gasteiger partial charge is 0.309 e. The van der Waals surface area contributed by atoms with E-state index in [9.17, 15) is 9.59 Å². The number of piperidine rings is 1. The Labute approximate surface area is 148 Å². The molecule has 0 aromatic heterocycles. The van der Waals surface area contributed by atoms with Crippen LogP contribution in [0, 0.1) is 5.92 Å². The molecule has 1 aliphatic rings. The van der Waals surface area contributed by atoms with Gasteiger partial charge in [0.25, 0.3) is 0 Å². The fourth-order valence-electron chi connectivity index (χ4n) is 3.31. The van der Waals surface area contributed by atoms with E-state index in [1.54, 1.807) is 0 Å². The number of fused-ring (bicyclic) bond motifs is 1. The van der Waals surface area contributed by atoms with Crippen LogP contribution in [0.5, 0.6) is 0 Å². The number of esters is 1. The van der Waals surface area contributed by atoms with Crippen molar-refractivity contribution in [3.05, 3.63) is 42.5 Å². The topological polar surface area (TPSA) is 58.6 Å². The zero-order valence-corrected chi connectivity index (χ0v) is 14.5. The molecule has 1 heterocycles. The highest BCUT2D eigenvalue weighted by molar-refractivity contribution is 6.02. The zero-order valence-electron chi connectivity index (χ0n) is 14.5. The van der Waals surface area contributed by atoms with Gasteiger partial charge in [0, 0.05) is 11.1 Å². The molecule has 0 unspecified atom stereocenters. The largest absolute Gasteiger partial charge is 0.466 e. The van der Waals surface area contributed by atoms with E-state index in [4.69, 9.17) is 4.74 Å². The molecule has 0 atom stereocenters. The number of ether oxygens (including phenoxy) is 1. The van der Waals surface area contributed by atoms with Crippen LogP contribution >= 0.6 is 0 Å². The summed E-state index contributed by atoms with van der Waals surface area (Å²) in [4.78, 5) is 26.3. The van der Waals surface area contributed by atoms with E-state index in [1.807, 2.05) is 49.4 Å². The Balaban J connectivity index is 1.54. The number of rotatable bonds is 5. The highest BCUT2D eigenvalue weighted by atomic mass is 16.5. The lowest BCUT2D eigenvalue weighted by atomic mass is 9.97. The van der Waals surface area contributed by atoms with Gasteiger partial charge in [-0.05, 0) is 44.3 Å². The van der Waals surface area contributed by atoms with E-state index >= 15 is 0 Å². The van der Waals surface area contributed by atoms with Gasteiger partial charge in [0.1, 0.15) is 0 Å². The van der Waals surface area contributed by atoms with Crippen molar-refractivity contribution in [3.63, 3.8) is 0 Å². The summed E-state index contributed by atoms with van der Waals surface area (Å²) < 4.78 is 5.08. The van der Waals surface area contributed by atoms with E-state index in [0.717, 1.165) is 42.4 Å². The molecule has 0 spiro atoms. The second-order valence-corrected chi connectivity index (χ2v) is 6.38. The van der Waals surface area contributed by atoms with Gasteiger partial charge in [0.05, 0.1) is 19.1 Å². The van der Waals surface area contributed by atoms with Crippen LogP contribution in [0.25, 0.3) is 10.8 Å². The maximum atomic E-state index is 12.4. The third-order valence-corrected chi connectivity index (χ3v) is 4.64. The highest BCUT2D eigenvalue weighted by Gasteiger charge is 2.26. The molecule has 132 valence electrons. The molecule has 1 amide bonds. The summed E-state index contributed by atoms with van der Waals surface area (Å²) in [5, 5.41) is 5.16. The lowest BCUT2D eigenvalue weighted by Gasteiger charge is -2.30. The highest BCUT2D eigenvalue weighted by Crippen LogP contribution is 2.23. The number of hydrogen-bond acceptors (Lipinski definition) is 4. The molecule has 1 aliphatic heterocycles. The Kier molecular flexibility index (Phi) is 5.66. The van der Waals surface area contributed by atoms with Crippen LogP contribution in [-0.2, 0) is 14.3 Å². The van der Waals surface area contributed by atoms with Gasteiger partial charge in [-0.25, -0.2) is 0 Å². The predicted octanol–water partition coefficient (Wildman–Crippen LogP) is 3.05. The van der Waals surface area contributed by atoms with Crippen LogP contribution in [0.1, 0.15) is 19.8 Å². The number of nitrogens with one attached hydrogen (secondary N) is 1. The minimum absolute atomic E-state index is 0.0223. The first kappa shape index (κ1) is 17.4. The van der Waals surface area contributed by atoms with Gasteiger partial charge in [-0.2, -0.15) is 0 Å². The van der Waals surface area contributed by atoms with Crippen LogP contribution < -0.4 is 5.32 Å². The number of benzene rings is 2. The van der Waals surface area contributed by atoms with Crippen LogP contribution in [-0.4, -0.2) is 43.0 Å². The van der Waals surface area contributed by atoms with Gasteiger partial charge in [-0.3, -0.25) is 14.5 Å². The maximum Gasteiger partial charge on any atom is 0.309 e. The first-order valence-corrected chi connectivity index (χ1v) is 8.84. The van der Waals surface area contributed by atoms with Crippen LogP contribution in [0.2, 0.25) is 0 Å². The Morgan fingerprint density at radius 1 is 1.12 bits per heavy atom. The van der Waals surface area contributed by atoms with E-state index in [1.165, 1.54) is 0 Å². The molecule has 0 bridgehead atoms. The van der Waals surface area contributed by atoms with E-state index < -0.39 is 0 Å². The Hall–Kier alpha value is -2.40. The quantitative estimate of drug-likeness (QED) is 0.850. The summed E-state index contributed by atoms with van der Waals surface area (Å²) in [6.07, 6.45) is 1.50. The van der Waals surface area contributed by atoms with Gasteiger partial charge in [-0.1, -0.05) is 36.4 Å². The molecule has 5 nitrogen and oxygen atoms in total. The van der Waals surface area contributed by atoms with Crippen molar-refractivity contribution in [1.82, 2.24) is 4.90 Å². The summed E-state index contributed by atoms with van der Waals surface area (Å²) in [7, 11) is 0. The summed E-state index contributed by atoms with van der Waals surface area (Å²) in [6.45, 7) is 4.08. The number of nitrogens with zero attached hydrogens (tertiary/aromatic N) is 1. The van der Waals surface area contributed by atoms with Crippen LogP contribution in [0.3, 0.4) is 0 Å². The summed E-state index contributed by atoms with van der Waals surface area (Å²) in [5.74, 6) is -0.161. The zero-order chi connectivity index (χ0) is 17.6. The monoisotopic (exact) mass is 340 g/mol. The van der Waals surface area contributed by atoms with Crippen molar-refractivity contribution in [2.24, 2.45) is 5.92 Å². The molecule has 0 saturated carbocycles. The molecule has 1 N–H and O–H groups in total. The molecule has 0 aliphatic carbocycles. The normalized spacial score (nSPS) is 15.9. The first-order valence-electron chi connectivity index (χ1n) is 8.84. The summed E-state index contributed by atoms with van der Waals surface area (Å²) in [5.41, 5.74) is 0.838.